The molecule has 3 N–H and O–H groups in total. The zero-order chi connectivity index (χ0) is 17.0. The molecule has 1 aromatic carbocycles. The summed E-state index contributed by atoms with van der Waals surface area (Å²) in [5, 5.41) is 15.5. The van der Waals surface area contributed by atoms with Crippen molar-refractivity contribution in [1.82, 2.24) is 10.6 Å². The van der Waals surface area contributed by atoms with Gasteiger partial charge in [0.05, 0.1) is 6.61 Å². The lowest BCUT2D eigenvalue weighted by Crippen LogP contribution is -2.48. The van der Waals surface area contributed by atoms with Gasteiger partial charge < -0.3 is 20.6 Å². The second-order valence-corrected chi connectivity index (χ2v) is 7.13. The van der Waals surface area contributed by atoms with Crippen LogP contribution in [-0.2, 0) is 6.54 Å². The van der Waals surface area contributed by atoms with Gasteiger partial charge in [-0.1, -0.05) is 37.6 Å². The highest BCUT2D eigenvalue weighted by molar-refractivity contribution is 5.74. The van der Waals surface area contributed by atoms with Crippen molar-refractivity contribution in [2.75, 3.05) is 24.6 Å². The summed E-state index contributed by atoms with van der Waals surface area (Å²) in [7, 11) is 0. The monoisotopic (exact) mass is 329 g/mol. The van der Waals surface area contributed by atoms with Crippen molar-refractivity contribution in [3.8, 4) is 0 Å². The van der Waals surface area contributed by atoms with Gasteiger partial charge in [0, 0.05) is 36.8 Å². The third-order valence-corrected chi connectivity index (χ3v) is 5.32. The molecule has 2 amide bonds. The van der Waals surface area contributed by atoms with Crippen molar-refractivity contribution in [2.45, 2.75) is 38.8 Å². The van der Waals surface area contributed by atoms with Crippen molar-refractivity contribution in [1.29, 1.82) is 0 Å². The molecule has 24 heavy (non-hydrogen) atoms. The average Bonchev–Trinajstić information content (AvgIpc) is 3.25. The van der Waals surface area contributed by atoms with Gasteiger partial charge in [-0.15, -0.1) is 0 Å². The fourth-order valence-electron chi connectivity index (χ4n) is 3.57. The van der Waals surface area contributed by atoms with Gasteiger partial charge in [0.2, 0.25) is 0 Å². The number of nitrogens with zero attached hydrogens (tertiary/aromatic N) is 1. The summed E-state index contributed by atoms with van der Waals surface area (Å²) in [6.07, 6.45) is 7.28. The zero-order valence-corrected chi connectivity index (χ0v) is 14.3. The fraction of sp³-hybridized carbons (Fsp3) is 0.526. The molecule has 1 fully saturated rings. The van der Waals surface area contributed by atoms with E-state index in [0.717, 1.165) is 37.9 Å². The standard InChI is InChI=1S/C19H27N3O2/c1-19(14-23)10-4-5-17(19)21-18(24)20-13-15-6-8-16(9-7-15)22-11-2-3-12-22/h2-3,6-9,17,23H,4-5,10-14H2,1H3,(H2,20,21,24). The first-order valence-electron chi connectivity index (χ1n) is 8.75. The normalized spacial score (nSPS) is 25.9. The van der Waals surface area contributed by atoms with Gasteiger partial charge >= 0.3 is 6.03 Å². The first-order chi connectivity index (χ1) is 11.6. The lowest BCUT2D eigenvalue weighted by Gasteiger charge is -2.30. The molecule has 1 heterocycles. The van der Waals surface area contributed by atoms with Crippen molar-refractivity contribution >= 4 is 11.7 Å². The summed E-state index contributed by atoms with van der Waals surface area (Å²) in [5.74, 6) is 0. The summed E-state index contributed by atoms with van der Waals surface area (Å²) < 4.78 is 0. The molecule has 1 saturated carbocycles. The lowest BCUT2D eigenvalue weighted by molar-refractivity contribution is 0.121. The second kappa shape index (κ2) is 7.26. The lowest BCUT2D eigenvalue weighted by atomic mass is 9.86. The van der Waals surface area contributed by atoms with Crippen molar-refractivity contribution in [3.63, 3.8) is 0 Å². The molecule has 2 atom stereocenters. The molecule has 0 radical (unpaired) electrons. The minimum absolute atomic E-state index is 0.0487. The second-order valence-electron chi connectivity index (χ2n) is 7.13. The maximum Gasteiger partial charge on any atom is 0.315 e. The number of benzene rings is 1. The van der Waals surface area contributed by atoms with Crippen LogP contribution in [0.3, 0.4) is 0 Å². The number of nitrogens with one attached hydrogen (secondary N) is 2. The Bertz CT molecular complexity index is 591. The number of carbonyl (C=O) groups is 1. The van der Waals surface area contributed by atoms with E-state index >= 15 is 0 Å². The van der Waals surface area contributed by atoms with E-state index < -0.39 is 0 Å². The molecule has 0 bridgehead atoms. The van der Waals surface area contributed by atoms with Crippen LogP contribution in [0.5, 0.6) is 0 Å². The number of anilines is 1. The number of urea groups is 1. The maximum absolute atomic E-state index is 12.1. The van der Waals surface area contributed by atoms with Crippen LogP contribution in [0.15, 0.2) is 36.4 Å². The van der Waals surface area contributed by atoms with Crippen LogP contribution in [0.4, 0.5) is 10.5 Å². The number of carbonyl (C=O) groups excluding carboxylic acids is 1. The largest absolute Gasteiger partial charge is 0.396 e. The fourth-order valence-corrected chi connectivity index (χ4v) is 3.57. The molecule has 0 spiro atoms. The SMILES string of the molecule is CC1(CO)CCCC1NC(=O)NCc1ccc(N2CC=CC2)cc1. The Morgan fingerprint density at radius 1 is 1.29 bits per heavy atom. The van der Waals surface area contributed by atoms with Crippen LogP contribution in [0.1, 0.15) is 31.7 Å². The van der Waals surface area contributed by atoms with E-state index in [1.165, 1.54) is 5.69 Å². The van der Waals surface area contributed by atoms with Gasteiger partial charge in [-0.2, -0.15) is 0 Å². The quantitative estimate of drug-likeness (QED) is 0.727. The van der Waals surface area contributed by atoms with E-state index in [2.05, 4.69) is 52.0 Å². The van der Waals surface area contributed by atoms with Crippen LogP contribution in [0.25, 0.3) is 0 Å². The number of hydrogen-bond acceptors (Lipinski definition) is 3. The van der Waals surface area contributed by atoms with Crippen LogP contribution < -0.4 is 15.5 Å². The molecule has 0 aromatic heterocycles. The summed E-state index contributed by atoms with van der Waals surface area (Å²) in [4.78, 5) is 14.4. The molecule has 5 heteroatoms. The zero-order valence-electron chi connectivity index (χ0n) is 14.3. The predicted octanol–water partition coefficient (Wildman–Crippen LogP) is 2.41. The van der Waals surface area contributed by atoms with Gasteiger partial charge in [-0.25, -0.2) is 4.79 Å². The van der Waals surface area contributed by atoms with Gasteiger partial charge in [-0.05, 0) is 30.5 Å². The Morgan fingerprint density at radius 2 is 2.00 bits per heavy atom. The summed E-state index contributed by atoms with van der Waals surface area (Å²) in [6.45, 7) is 4.59. The Hall–Kier alpha value is -2.01. The Kier molecular flexibility index (Phi) is 5.09. The van der Waals surface area contributed by atoms with Crippen LogP contribution >= 0.6 is 0 Å². The number of hydrogen-bond donors (Lipinski definition) is 3. The molecule has 1 aliphatic heterocycles. The number of aliphatic hydroxyl groups is 1. The van der Waals surface area contributed by atoms with E-state index in [0.29, 0.717) is 6.54 Å². The van der Waals surface area contributed by atoms with Crippen LogP contribution in [-0.4, -0.2) is 36.9 Å². The van der Waals surface area contributed by atoms with Gasteiger partial charge in [0.15, 0.2) is 0 Å². The van der Waals surface area contributed by atoms with Gasteiger partial charge in [-0.3, -0.25) is 0 Å². The summed E-state index contributed by atoms with van der Waals surface area (Å²) >= 11 is 0. The number of aliphatic hydroxyl groups excluding tert-OH is 1. The Labute approximate surface area is 143 Å². The molecular weight excluding hydrogens is 302 g/mol. The van der Waals surface area contributed by atoms with Gasteiger partial charge in [0.1, 0.15) is 0 Å². The first kappa shape index (κ1) is 16.8. The highest BCUT2D eigenvalue weighted by Gasteiger charge is 2.39. The van der Waals surface area contributed by atoms with Gasteiger partial charge in [0.25, 0.3) is 0 Å². The van der Waals surface area contributed by atoms with Crippen molar-refractivity contribution in [3.05, 3.63) is 42.0 Å². The molecule has 2 unspecified atom stereocenters. The first-order valence-corrected chi connectivity index (χ1v) is 8.75. The Morgan fingerprint density at radius 3 is 2.67 bits per heavy atom. The smallest absolute Gasteiger partial charge is 0.315 e. The average molecular weight is 329 g/mol. The van der Waals surface area contributed by atoms with E-state index in [9.17, 15) is 9.90 Å². The molecule has 130 valence electrons. The summed E-state index contributed by atoms with van der Waals surface area (Å²) in [6, 6.07) is 8.20. The minimum Gasteiger partial charge on any atom is -0.396 e. The molecule has 0 saturated heterocycles. The maximum atomic E-state index is 12.1. The predicted molar refractivity (Wildman–Crippen MR) is 96.0 cm³/mol. The van der Waals surface area contributed by atoms with E-state index in [1.807, 2.05) is 6.92 Å². The molecular formula is C19H27N3O2. The third-order valence-electron chi connectivity index (χ3n) is 5.32. The van der Waals surface area contributed by atoms with Crippen LogP contribution in [0.2, 0.25) is 0 Å². The van der Waals surface area contributed by atoms with Crippen molar-refractivity contribution < 1.29 is 9.90 Å². The van der Waals surface area contributed by atoms with E-state index in [-0.39, 0.29) is 24.1 Å². The highest BCUT2D eigenvalue weighted by atomic mass is 16.3. The van der Waals surface area contributed by atoms with E-state index in [1.54, 1.807) is 0 Å². The number of amides is 2. The topological polar surface area (TPSA) is 64.6 Å². The molecule has 1 aliphatic carbocycles. The molecule has 1 aromatic rings. The minimum atomic E-state index is -0.192. The highest BCUT2D eigenvalue weighted by Crippen LogP contribution is 2.37. The van der Waals surface area contributed by atoms with E-state index in [4.69, 9.17) is 0 Å². The third kappa shape index (κ3) is 3.73. The number of rotatable bonds is 5. The molecule has 2 aliphatic rings. The summed E-state index contributed by atoms with van der Waals surface area (Å²) in [5.41, 5.74) is 2.10. The van der Waals surface area contributed by atoms with Crippen molar-refractivity contribution in [2.24, 2.45) is 5.41 Å². The van der Waals surface area contributed by atoms with Crippen LogP contribution in [0, 0.1) is 5.41 Å². The molecule has 3 rings (SSSR count). The molecule has 5 nitrogen and oxygen atoms in total. The Balaban J connectivity index is 1.47.